The van der Waals surface area contributed by atoms with Crippen molar-refractivity contribution < 1.29 is 0 Å². The number of aromatic nitrogens is 1. The van der Waals surface area contributed by atoms with E-state index in [1.54, 1.807) is 6.20 Å². The van der Waals surface area contributed by atoms with Gasteiger partial charge >= 0.3 is 0 Å². The Hall–Kier alpha value is -0.880. The van der Waals surface area contributed by atoms with E-state index in [-0.39, 0.29) is 5.41 Å². The lowest BCUT2D eigenvalue weighted by Crippen LogP contribution is -2.43. The molecule has 1 aliphatic rings. The summed E-state index contributed by atoms with van der Waals surface area (Å²) in [6.45, 7) is 2.71. The van der Waals surface area contributed by atoms with E-state index in [0.29, 0.717) is 16.0 Å². The van der Waals surface area contributed by atoms with Gasteiger partial charge in [-0.1, -0.05) is 54.6 Å². The molecule has 7 heteroatoms. The van der Waals surface area contributed by atoms with E-state index >= 15 is 0 Å². The summed E-state index contributed by atoms with van der Waals surface area (Å²) in [7, 11) is 0. The monoisotopic (exact) mass is 485 g/mol. The van der Waals surface area contributed by atoms with Crippen molar-refractivity contribution in [1.82, 2.24) is 10.3 Å². The number of thiocarbonyl (C=S) groups is 1. The first-order valence-electron chi connectivity index (χ1n) is 9.03. The molecule has 1 aromatic carbocycles. The molecule has 1 fully saturated rings. The van der Waals surface area contributed by atoms with Gasteiger partial charge in [0.05, 0.1) is 5.02 Å². The fraction of sp³-hybridized carbons (Fsp3) is 0.400. The van der Waals surface area contributed by atoms with Crippen LogP contribution in [0.1, 0.15) is 43.2 Å². The van der Waals surface area contributed by atoms with Gasteiger partial charge in [-0.05, 0) is 71.2 Å². The third kappa shape index (κ3) is 4.94. The van der Waals surface area contributed by atoms with Crippen LogP contribution in [0, 0.1) is 6.92 Å². The quantitative estimate of drug-likeness (QED) is 0.474. The van der Waals surface area contributed by atoms with E-state index in [4.69, 9.17) is 35.4 Å². The van der Waals surface area contributed by atoms with Crippen LogP contribution >= 0.6 is 51.3 Å². The van der Waals surface area contributed by atoms with Gasteiger partial charge in [0.2, 0.25) is 0 Å². The van der Waals surface area contributed by atoms with E-state index in [0.717, 1.165) is 34.4 Å². The molecule has 2 N–H and O–H groups in total. The molecule has 27 heavy (non-hydrogen) atoms. The Morgan fingerprint density at radius 1 is 1.19 bits per heavy atom. The van der Waals surface area contributed by atoms with E-state index < -0.39 is 0 Å². The second kappa shape index (κ2) is 9.08. The van der Waals surface area contributed by atoms with E-state index in [1.807, 2.05) is 19.1 Å². The summed E-state index contributed by atoms with van der Waals surface area (Å²) in [5.41, 5.74) is 2.32. The molecular weight excluding hydrogens is 465 g/mol. The van der Waals surface area contributed by atoms with Gasteiger partial charge < -0.3 is 10.6 Å². The zero-order chi connectivity index (χ0) is 19.4. The Morgan fingerprint density at radius 3 is 2.52 bits per heavy atom. The maximum absolute atomic E-state index is 6.37. The third-order valence-corrected chi connectivity index (χ3v) is 7.05. The summed E-state index contributed by atoms with van der Waals surface area (Å²) >= 11 is 21.4. The van der Waals surface area contributed by atoms with E-state index in [1.165, 1.54) is 24.8 Å². The van der Waals surface area contributed by atoms with Gasteiger partial charge in [0.25, 0.3) is 0 Å². The average Bonchev–Trinajstić information content (AvgIpc) is 2.68. The molecule has 1 aromatic heterocycles. The highest BCUT2D eigenvalue weighted by atomic mass is 79.9. The Morgan fingerprint density at radius 2 is 1.85 bits per heavy atom. The molecular formula is C20H22BrCl2N3S. The van der Waals surface area contributed by atoms with Gasteiger partial charge in [-0.15, -0.1) is 0 Å². The van der Waals surface area contributed by atoms with Gasteiger partial charge in [-0.25, -0.2) is 4.98 Å². The molecule has 0 unspecified atom stereocenters. The number of pyridine rings is 1. The van der Waals surface area contributed by atoms with Crippen molar-refractivity contribution >= 4 is 62.3 Å². The summed E-state index contributed by atoms with van der Waals surface area (Å²) in [6, 6.07) is 8.22. The van der Waals surface area contributed by atoms with Crippen LogP contribution in [0.5, 0.6) is 0 Å². The number of hydrogen-bond acceptors (Lipinski definition) is 2. The van der Waals surface area contributed by atoms with Crippen LogP contribution in [0.2, 0.25) is 10.0 Å². The van der Waals surface area contributed by atoms with E-state index in [9.17, 15) is 0 Å². The maximum atomic E-state index is 6.37. The number of anilines is 1. The Labute approximate surface area is 184 Å². The first-order chi connectivity index (χ1) is 12.9. The zero-order valence-electron chi connectivity index (χ0n) is 15.1. The Kier molecular flexibility index (Phi) is 7.01. The molecule has 1 aliphatic carbocycles. The fourth-order valence-electron chi connectivity index (χ4n) is 3.65. The molecule has 0 spiro atoms. The molecule has 0 atom stereocenters. The van der Waals surface area contributed by atoms with Crippen LogP contribution in [-0.4, -0.2) is 16.6 Å². The second-order valence-corrected chi connectivity index (χ2v) is 9.13. The van der Waals surface area contributed by atoms with Crippen LogP contribution in [0.15, 0.2) is 34.9 Å². The molecule has 0 bridgehead atoms. The minimum Gasteiger partial charge on any atom is -0.362 e. The molecule has 2 aromatic rings. The standard InChI is InChI=1S/C20H22BrCl2N3S/c1-13-16(21)11-24-18(17(13)23)26-19(27)25-12-20(9-3-2-4-10-20)14-5-7-15(22)8-6-14/h5-8,11H,2-4,9-10,12H2,1H3,(H2,24,25,26,27). The SMILES string of the molecule is Cc1c(Br)cnc(NC(=S)NCC2(c3ccc(Cl)cc3)CCCCC2)c1Cl. The fourth-order valence-corrected chi connectivity index (χ4v) is 4.55. The summed E-state index contributed by atoms with van der Waals surface area (Å²) in [5.74, 6) is 0.569. The highest BCUT2D eigenvalue weighted by Crippen LogP contribution is 2.39. The predicted molar refractivity (Wildman–Crippen MR) is 122 cm³/mol. The third-order valence-electron chi connectivity index (χ3n) is 5.29. The zero-order valence-corrected chi connectivity index (χ0v) is 19.0. The Bertz CT molecular complexity index is 821. The lowest BCUT2D eigenvalue weighted by atomic mass is 9.69. The number of nitrogens with zero attached hydrogens (tertiary/aromatic N) is 1. The largest absolute Gasteiger partial charge is 0.362 e. The molecule has 1 heterocycles. The van der Waals surface area contributed by atoms with Gasteiger partial charge in [0.15, 0.2) is 10.9 Å². The first-order valence-corrected chi connectivity index (χ1v) is 11.0. The van der Waals surface area contributed by atoms with Gasteiger partial charge in [-0.3, -0.25) is 0 Å². The number of hydrogen-bond donors (Lipinski definition) is 2. The van der Waals surface area contributed by atoms with Crippen molar-refractivity contribution in [2.45, 2.75) is 44.4 Å². The minimum atomic E-state index is 0.0709. The topological polar surface area (TPSA) is 37.0 Å². The first kappa shape index (κ1) is 20.8. The van der Waals surface area contributed by atoms with Crippen molar-refractivity contribution in [1.29, 1.82) is 0 Å². The highest BCUT2D eigenvalue weighted by molar-refractivity contribution is 9.10. The lowest BCUT2D eigenvalue weighted by molar-refractivity contribution is 0.292. The molecule has 144 valence electrons. The normalized spacial score (nSPS) is 16.0. The van der Waals surface area contributed by atoms with Crippen molar-refractivity contribution in [3.8, 4) is 0 Å². The van der Waals surface area contributed by atoms with Crippen LogP contribution in [0.4, 0.5) is 5.82 Å². The smallest absolute Gasteiger partial charge is 0.172 e. The highest BCUT2D eigenvalue weighted by Gasteiger charge is 2.34. The van der Waals surface area contributed by atoms with Gasteiger partial charge in [0.1, 0.15) is 0 Å². The van der Waals surface area contributed by atoms with Crippen molar-refractivity contribution in [3.63, 3.8) is 0 Å². The van der Waals surface area contributed by atoms with Crippen LogP contribution < -0.4 is 10.6 Å². The molecule has 0 amide bonds. The molecule has 0 radical (unpaired) electrons. The number of rotatable bonds is 4. The van der Waals surface area contributed by atoms with Crippen molar-refractivity contribution in [3.05, 3.63) is 56.1 Å². The van der Waals surface area contributed by atoms with Crippen molar-refractivity contribution in [2.24, 2.45) is 0 Å². The van der Waals surface area contributed by atoms with Gasteiger partial charge in [0, 0.05) is 27.7 Å². The van der Waals surface area contributed by atoms with Crippen molar-refractivity contribution in [2.75, 3.05) is 11.9 Å². The molecule has 3 rings (SSSR count). The Balaban J connectivity index is 1.71. The van der Waals surface area contributed by atoms with Crippen LogP contribution in [0.3, 0.4) is 0 Å². The average molecular weight is 487 g/mol. The number of benzene rings is 1. The maximum Gasteiger partial charge on any atom is 0.172 e. The minimum absolute atomic E-state index is 0.0709. The number of halogens is 3. The van der Waals surface area contributed by atoms with Crippen LogP contribution in [0.25, 0.3) is 0 Å². The summed E-state index contributed by atoms with van der Waals surface area (Å²) in [6.07, 6.45) is 7.74. The van der Waals surface area contributed by atoms with Gasteiger partial charge in [-0.2, -0.15) is 0 Å². The van der Waals surface area contributed by atoms with Crippen LogP contribution in [-0.2, 0) is 5.41 Å². The predicted octanol–water partition coefficient (Wildman–Crippen LogP) is 6.65. The van der Waals surface area contributed by atoms with E-state index in [2.05, 4.69) is 43.7 Å². The molecule has 0 aliphatic heterocycles. The molecule has 0 saturated heterocycles. The summed E-state index contributed by atoms with van der Waals surface area (Å²) < 4.78 is 0.876. The second-order valence-electron chi connectivity index (χ2n) is 7.05. The summed E-state index contributed by atoms with van der Waals surface area (Å²) in [5, 5.41) is 8.39. The molecule has 3 nitrogen and oxygen atoms in total. The number of nitrogens with one attached hydrogen (secondary N) is 2. The lowest BCUT2D eigenvalue weighted by Gasteiger charge is -2.38. The summed E-state index contributed by atoms with van der Waals surface area (Å²) in [4.78, 5) is 4.33. The molecule has 1 saturated carbocycles.